The Balaban J connectivity index is 2.32. The summed E-state index contributed by atoms with van der Waals surface area (Å²) in [6, 6.07) is 14.0. The molecule has 21 heavy (non-hydrogen) atoms. The fourth-order valence-electron chi connectivity index (χ4n) is 1.81. The van der Waals surface area contributed by atoms with Crippen LogP contribution in [-0.4, -0.2) is 12.9 Å². The molecule has 0 radical (unpaired) electrons. The summed E-state index contributed by atoms with van der Waals surface area (Å²) in [5.74, 6) is -0.207. The zero-order valence-electron chi connectivity index (χ0n) is 11.3. The first-order chi connectivity index (χ1) is 10.1. The lowest BCUT2D eigenvalue weighted by Crippen LogP contribution is -2.01. The number of nitrogens with zero attached hydrogens (tertiary/aromatic N) is 1. The number of methoxy groups -OCH3 is 1. The van der Waals surface area contributed by atoms with Crippen LogP contribution in [0, 0.1) is 17.1 Å². The lowest BCUT2D eigenvalue weighted by atomic mass is 10.0. The molecular formula is C17H12FNO2. The second kappa shape index (κ2) is 6.49. The lowest BCUT2D eigenvalue weighted by molar-refractivity contribution is 0.104. The van der Waals surface area contributed by atoms with E-state index in [1.807, 2.05) is 6.07 Å². The van der Waals surface area contributed by atoms with Crippen molar-refractivity contribution < 1.29 is 13.9 Å². The highest BCUT2D eigenvalue weighted by Crippen LogP contribution is 2.16. The van der Waals surface area contributed by atoms with Gasteiger partial charge in [0.15, 0.2) is 0 Å². The summed E-state index contributed by atoms with van der Waals surface area (Å²) in [5, 5.41) is 9.13. The molecule has 0 saturated carbocycles. The predicted molar refractivity (Wildman–Crippen MR) is 77.3 cm³/mol. The van der Waals surface area contributed by atoms with Gasteiger partial charge in [0.2, 0.25) is 5.78 Å². The topological polar surface area (TPSA) is 50.1 Å². The van der Waals surface area contributed by atoms with Crippen molar-refractivity contribution in [1.82, 2.24) is 0 Å². The van der Waals surface area contributed by atoms with Crippen molar-refractivity contribution in [2.75, 3.05) is 7.11 Å². The van der Waals surface area contributed by atoms with Crippen molar-refractivity contribution in [2.24, 2.45) is 0 Å². The Labute approximate surface area is 121 Å². The molecule has 3 nitrogen and oxygen atoms in total. The van der Waals surface area contributed by atoms with Crippen LogP contribution >= 0.6 is 0 Å². The van der Waals surface area contributed by atoms with E-state index < -0.39 is 11.6 Å². The van der Waals surface area contributed by atoms with Gasteiger partial charge in [0.25, 0.3) is 0 Å². The summed E-state index contributed by atoms with van der Waals surface area (Å²) in [5.41, 5.74) is 0.791. The average Bonchev–Trinajstić information content (AvgIpc) is 2.52. The van der Waals surface area contributed by atoms with Gasteiger partial charge in [-0.3, -0.25) is 4.79 Å². The molecule has 104 valence electrons. The number of halogens is 1. The molecule has 2 aromatic carbocycles. The van der Waals surface area contributed by atoms with Crippen LogP contribution in [0.5, 0.6) is 5.75 Å². The van der Waals surface area contributed by atoms with E-state index in [-0.39, 0.29) is 5.57 Å². The Hall–Kier alpha value is -2.93. The molecule has 0 N–H and O–H groups in total. The van der Waals surface area contributed by atoms with Crippen molar-refractivity contribution in [2.45, 2.75) is 0 Å². The first-order valence-electron chi connectivity index (χ1n) is 6.20. The molecule has 0 aliphatic carbocycles. The maximum Gasteiger partial charge on any atom is 0.203 e. The van der Waals surface area contributed by atoms with Gasteiger partial charge in [0.1, 0.15) is 23.2 Å². The number of nitriles is 1. The monoisotopic (exact) mass is 281 g/mol. The second-order valence-electron chi connectivity index (χ2n) is 4.28. The van der Waals surface area contributed by atoms with E-state index >= 15 is 0 Å². The third-order valence-electron chi connectivity index (χ3n) is 2.88. The van der Waals surface area contributed by atoms with Crippen LogP contribution in [0.3, 0.4) is 0 Å². The van der Waals surface area contributed by atoms with Gasteiger partial charge >= 0.3 is 0 Å². The van der Waals surface area contributed by atoms with Crippen LogP contribution in [0.2, 0.25) is 0 Å². The van der Waals surface area contributed by atoms with Gasteiger partial charge in [0.05, 0.1) is 7.11 Å². The number of allylic oxidation sites excluding steroid dienone is 1. The number of ketones is 1. The molecule has 4 heteroatoms. The van der Waals surface area contributed by atoms with E-state index in [0.29, 0.717) is 16.9 Å². The first kappa shape index (κ1) is 14.5. The number of rotatable bonds is 4. The molecule has 0 amide bonds. The van der Waals surface area contributed by atoms with Gasteiger partial charge in [0, 0.05) is 5.56 Å². The molecule has 0 fully saturated rings. The van der Waals surface area contributed by atoms with E-state index in [4.69, 9.17) is 10.00 Å². The highest BCUT2D eigenvalue weighted by atomic mass is 19.1. The van der Waals surface area contributed by atoms with Crippen molar-refractivity contribution in [1.29, 1.82) is 5.26 Å². The van der Waals surface area contributed by atoms with E-state index in [1.165, 1.54) is 31.4 Å². The number of ether oxygens (including phenoxy) is 1. The summed E-state index contributed by atoms with van der Waals surface area (Å²) in [6.07, 6.45) is 1.37. The average molecular weight is 281 g/mol. The van der Waals surface area contributed by atoms with Crippen LogP contribution in [-0.2, 0) is 0 Å². The first-order valence-corrected chi connectivity index (χ1v) is 6.20. The quantitative estimate of drug-likeness (QED) is 0.488. The summed E-state index contributed by atoms with van der Waals surface area (Å²) in [6.45, 7) is 0. The molecule has 0 aromatic heterocycles. The second-order valence-corrected chi connectivity index (χ2v) is 4.28. The van der Waals surface area contributed by atoms with Crippen molar-refractivity contribution in [3.05, 3.63) is 71.0 Å². The number of benzene rings is 2. The third-order valence-corrected chi connectivity index (χ3v) is 2.88. The van der Waals surface area contributed by atoms with Crippen molar-refractivity contribution in [3.8, 4) is 11.8 Å². The molecule has 0 spiro atoms. The Morgan fingerprint density at radius 2 is 1.95 bits per heavy atom. The number of carbonyl (C=O) groups excluding carboxylic acids is 1. The SMILES string of the molecule is COc1ccc(C(=O)/C(C#N)=C/c2cccc(F)c2)cc1. The highest BCUT2D eigenvalue weighted by molar-refractivity contribution is 6.14. The molecule has 0 unspecified atom stereocenters. The van der Waals surface area contributed by atoms with Crippen LogP contribution in [0.15, 0.2) is 54.1 Å². The molecule has 2 rings (SSSR count). The van der Waals surface area contributed by atoms with E-state index in [1.54, 1.807) is 30.3 Å². The number of Topliss-reactive ketones (excluding diaryl/α,β-unsaturated/α-hetero) is 1. The maximum atomic E-state index is 13.1. The lowest BCUT2D eigenvalue weighted by Gasteiger charge is -2.02. The molecule has 0 atom stereocenters. The predicted octanol–water partition coefficient (Wildman–Crippen LogP) is 3.62. The number of hydrogen-bond donors (Lipinski definition) is 0. The zero-order valence-corrected chi connectivity index (χ0v) is 11.3. The summed E-state index contributed by atoms with van der Waals surface area (Å²) >= 11 is 0. The Morgan fingerprint density at radius 1 is 1.24 bits per heavy atom. The molecule has 0 saturated heterocycles. The summed E-state index contributed by atoms with van der Waals surface area (Å²) < 4.78 is 18.1. The standard InChI is InChI=1S/C17H12FNO2/c1-21-16-7-5-13(6-8-16)17(20)14(11-19)9-12-3-2-4-15(18)10-12/h2-10H,1H3/b14-9+. The molecule has 2 aromatic rings. The zero-order chi connectivity index (χ0) is 15.2. The summed E-state index contributed by atoms with van der Waals surface area (Å²) in [7, 11) is 1.53. The fraction of sp³-hybridized carbons (Fsp3) is 0.0588. The van der Waals surface area contributed by atoms with Gasteiger partial charge in [-0.25, -0.2) is 4.39 Å². The molecular weight excluding hydrogens is 269 g/mol. The Morgan fingerprint density at radius 3 is 2.52 bits per heavy atom. The van der Waals surface area contributed by atoms with Gasteiger partial charge < -0.3 is 4.74 Å². The normalized spacial score (nSPS) is 10.8. The smallest absolute Gasteiger partial charge is 0.203 e. The Kier molecular flexibility index (Phi) is 4.47. The number of carbonyl (C=O) groups is 1. The molecule has 0 aliphatic heterocycles. The van der Waals surface area contributed by atoms with Gasteiger partial charge in [-0.05, 0) is 48.0 Å². The minimum atomic E-state index is -0.419. The van der Waals surface area contributed by atoms with Crippen LogP contribution < -0.4 is 4.74 Å². The molecule has 0 aliphatic rings. The van der Waals surface area contributed by atoms with E-state index in [0.717, 1.165) is 0 Å². The van der Waals surface area contributed by atoms with E-state index in [2.05, 4.69) is 0 Å². The van der Waals surface area contributed by atoms with Gasteiger partial charge in [-0.1, -0.05) is 12.1 Å². The maximum absolute atomic E-state index is 13.1. The van der Waals surface area contributed by atoms with Crippen LogP contribution in [0.25, 0.3) is 6.08 Å². The minimum absolute atomic E-state index is 0.0502. The summed E-state index contributed by atoms with van der Waals surface area (Å²) in [4.78, 5) is 12.2. The van der Waals surface area contributed by atoms with Crippen LogP contribution in [0.4, 0.5) is 4.39 Å². The van der Waals surface area contributed by atoms with Crippen molar-refractivity contribution in [3.63, 3.8) is 0 Å². The largest absolute Gasteiger partial charge is 0.497 e. The molecule has 0 heterocycles. The number of hydrogen-bond acceptors (Lipinski definition) is 3. The van der Waals surface area contributed by atoms with Crippen LogP contribution in [0.1, 0.15) is 15.9 Å². The van der Waals surface area contributed by atoms with E-state index in [9.17, 15) is 9.18 Å². The Bertz CT molecular complexity index is 727. The fourth-order valence-corrected chi connectivity index (χ4v) is 1.81. The van der Waals surface area contributed by atoms with Gasteiger partial charge in [-0.15, -0.1) is 0 Å². The third kappa shape index (κ3) is 3.54. The minimum Gasteiger partial charge on any atom is -0.497 e. The van der Waals surface area contributed by atoms with Gasteiger partial charge in [-0.2, -0.15) is 5.26 Å². The highest BCUT2D eigenvalue weighted by Gasteiger charge is 2.12. The molecule has 0 bridgehead atoms. The van der Waals surface area contributed by atoms with Crippen molar-refractivity contribution >= 4 is 11.9 Å².